The van der Waals surface area contributed by atoms with Gasteiger partial charge in [-0.15, -0.1) is 0 Å². The molecule has 106 valence electrons. The van der Waals surface area contributed by atoms with E-state index in [0.717, 1.165) is 35.0 Å². The molecule has 1 aromatic carbocycles. The second-order valence-corrected chi connectivity index (χ2v) is 6.72. The molecule has 2 nitrogen and oxygen atoms in total. The van der Waals surface area contributed by atoms with E-state index in [0.29, 0.717) is 5.75 Å². The van der Waals surface area contributed by atoms with Crippen LogP contribution in [0, 0.1) is 11.8 Å². The second kappa shape index (κ2) is 7.30. The summed E-state index contributed by atoms with van der Waals surface area (Å²) >= 11 is 3.51. The number of phenols is 1. The van der Waals surface area contributed by atoms with Gasteiger partial charge in [0.2, 0.25) is 0 Å². The Hall–Kier alpha value is -0.540. The number of halogens is 1. The monoisotopic (exact) mass is 325 g/mol. The van der Waals surface area contributed by atoms with Crippen LogP contribution in [0.4, 0.5) is 0 Å². The van der Waals surface area contributed by atoms with E-state index in [1.165, 1.54) is 32.1 Å². The zero-order valence-electron chi connectivity index (χ0n) is 11.7. The Morgan fingerprint density at radius 3 is 2.74 bits per heavy atom. The van der Waals surface area contributed by atoms with Gasteiger partial charge in [0.25, 0.3) is 0 Å². The van der Waals surface area contributed by atoms with Gasteiger partial charge < -0.3 is 10.4 Å². The Balaban J connectivity index is 1.68. The van der Waals surface area contributed by atoms with Crippen LogP contribution >= 0.6 is 15.9 Å². The quantitative estimate of drug-likeness (QED) is 0.783. The van der Waals surface area contributed by atoms with Crippen LogP contribution in [0.3, 0.4) is 0 Å². The van der Waals surface area contributed by atoms with E-state index in [1.807, 2.05) is 12.1 Å². The molecular weight excluding hydrogens is 302 g/mol. The molecule has 1 aliphatic rings. The molecule has 1 aliphatic carbocycles. The van der Waals surface area contributed by atoms with Crippen molar-refractivity contribution in [2.24, 2.45) is 11.8 Å². The zero-order chi connectivity index (χ0) is 13.7. The van der Waals surface area contributed by atoms with Crippen molar-refractivity contribution in [3.63, 3.8) is 0 Å². The molecule has 0 aliphatic heterocycles. The number of aromatic hydroxyl groups is 1. The number of rotatable bonds is 5. The molecule has 0 atom stereocenters. The summed E-state index contributed by atoms with van der Waals surface area (Å²) in [6.45, 7) is 4.26. The van der Waals surface area contributed by atoms with Crippen LogP contribution in [0.15, 0.2) is 22.7 Å². The number of hydrogen-bond acceptors (Lipinski definition) is 2. The molecule has 3 heteroatoms. The van der Waals surface area contributed by atoms with Gasteiger partial charge in [-0.3, -0.25) is 0 Å². The summed E-state index contributed by atoms with van der Waals surface area (Å²) < 4.78 is 1.06. The fraction of sp³-hybridized carbons (Fsp3) is 0.625. The molecule has 0 amide bonds. The first kappa shape index (κ1) is 14.9. The van der Waals surface area contributed by atoms with Gasteiger partial charge in [-0.2, -0.15) is 0 Å². The molecule has 1 saturated carbocycles. The van der Waals surface area contributed by atoms with Crippen LogP contribution in [-0.4, -0.2) is 11.7 Å². The van der Waals surface area contributed by atoms with E-state index < -0.39 is 0 Å². The minimum absolute atomic E-state index is 0.335. The minimum Gasteiger partial charge on any atom is -0.508 e. The van der Waals surface area contributed by atoms with Gasteiger partial charge in [-0.25, -0.2) is 0 Å². The molecule has 2 N–H and O–H groups in total. The molecule has 0 heterocycles. The van der Waals surface area contributed by atoms with E-state index in [-0.39, 0.29) is 0 Å². The predicted molar refractivity (Wildman–Crippen MR) is 83.3 cm³/mol. The summed E-state index contributed by atoms with van der Waals surface area (Å²) in [5.41, 5.74) is 1.12. The summed E-state index contributed by atoms with van der Waals surface area (Å²) in [6, 6.07) is 5.42. The number of phenolic OH excluding ortho intramolecular Hbond substituents is 1. The smallest absolute Gasteiger partial charge is 0.115 e. The Kier molecular flexibility index (Phi) is 5.71. The first-order chi connectivity index (χ1) is 9.15. The summed E-state index contributed by atoms with van der Waals surface area (Å²) in [5, 5.41) is 13.0. The number of hydrogen-bond donors (Lipinski definition) is 2. The molecule has 0 aromatic heterocycles. The average molecular weight is 326 g/mol. The molecular formula is C16H24BrNO. The van der Waals surface area contributed by atoms with Crippen LogP contribution in [0.2, 0.25) is 0 Å². The zero-order valence-corrected chi connectivity index (χ0v) is 13.2. The molecule has 0 bridgehead atoms. The highest BCUT2D eigenvalue weighted by Crippen LogP contribution is 2.30. The summed E-state index contributed by atoms with van der Waals surface area (Å²) in [6.07, 6.45) is 6.89. The fourth-order valence-electron chi connectivity index (χ4n) is 2.84. The van der Waals surface area contributed by atoms with Crippen LogP contribution < -0.4 is 5.32 Å². The normalized spacial score (nSPS) is 23.5. The van der Waals surface area contributed by atoms with Crippen LogP contribution in [0.5, 0.6) is 5.75 Å². The van der Waals surface area contributed by atoms with E-state index >= 15 is 0 Å². The van der Waals surface area contributed by atoms with Crippen molar-refractivity contribution in [2.45, 2.75) is 45.6 Å². The van der Waals surface area contributed by atoms with Crippen molar-refractivity contribution in [3.05, 3.63) is 28.2 Å². The summed E-state index contributed by atoms with van der Waals surface area (Å²) in [5.74, 6) is 2.19. The average Bonchev–Trinajstić information content (AvgIpc) is 2.40. The Morgan fingerprint density at radius 1 is 1.26 bits per heavy atom. The minimum atomic E-state index is 0.335. The highest BCUT2D eigenvalue weighted by Gasteiger charge is 2.17. The van der Waals surface area contributed by atoms with E-state index in [1.54, 1.807) is 6.07 Å². The Labute approximate surface area is 124 Å². The Morgan fingerprint density at radius 2 is 2.00 bits per heavy atom. The summed E-state index contributed by atoms with van der Waals surface area (Å²) in [4.78, 5) is 0. The van der Waals surface area contributed by atoms with Crippen LogP contribution in [-0.2, 0) is 6.54 Å². The molecule has 0 saturated heterocycles. The van der Waals surface area contributed by atoms with Crippen molar-refractivity contribution < 1.29 is 5.11 Å². The fourth-order valence-corrected chi connectivity index (χ4v) is 3.23. The van der Waals surface area contributed by atoms with Crippen molar-refractivity contribution in [1.29, 1.82) is 0 Å². The topological polar surface area (TPSA) is 32.3 Å². The first-order valence-electron chi connectivity index (χ1n) is 7.33. The van der Waals surface area contributed by atoms with Crippen molar-refractivity contribution in [2.75, 3.05) is 6.54 Å². The SMILES string of the molecule is CC1CCC(CCNCc2cc(O)ccc2Br)CC1. The maximum atomic E-state index is 9.47. The molecule has 0 radical (unpaired) electrons. The lowest BCUT2D eigenvalue weighted by Gasteiger charge is -2.26. The lowest BCUT2D eigenvalue weighted by molar-refractivity contribution is 0.275. The molecule has 19 heavy (non-hydrogen) atoms. The maximum absolute atomic E-state index is 9.47. The van der Waals surface area contributed by atoms with Gasteiger partial charge in [-0.05, 0) is 48.6 Å². The molecule has 1 fully saturated rings. The van der Waals surface area contributed by atoms with Crippen LogP contribution in [0.25, 0.3) is 0 Å². The third-order valence-electron chi connectivity index (χ3n) is 4.21. The Bertz CT molecular complexity index is 400. The number of benzene rings is 1. The highest BCUT2D eigenvalue weighted by atomic mass is 79.9. The van der Waals surface area contributed by atoms with Gasteiger partial charge in [0.15, 0.2) is 0 Å². The largest absolute Gasteiger partial charge is 0.508 e. The summed E-state index contributed by atoms with van der Waals surface area (Å²) in [7, 11) is 0. The third-order valence-corrected chi connectivity index (χ3v) is 4.98. The van der Waals surface area contributed by atoms with Crippen LogP contribution in [0.1, 0.15) is 44.6 Å². The maximum Gasteiger partial charge on any atom is 0.115 e. The van der Waals surface area contributed by atoms with Gasteiger partial charge in [0.05, 0.1) is 0 Å². The van der Waals surface area contributed by atoms with Gasteiger partial charge in [0.1, 0.15) is 5.75 Å². The molecule has 0 unspecified atom stereocenters. The van der Waals surface area contributed by atoms with E-state index in [4.69, 9.17) is 0 Å². The van der Waals surface area contributed by atoms with E-state index in [9.17, 15) is 5.11 Å². The lowest BCUT2D eigenvalue weighted by Crippen LogP contribution is -2.20. The van der Waals surface area contributed by atoms with Crippen molar-refractivity contribution in [1.82, 2.24) is 5.32 Å². The van der Waals surface area contributed by atoms with E-state index in [2.05, 4.69) is 28.2 Å². The van der Waals surface area contributed by atoms with Gasteiger partial charge in [0, 0.05) is 11.0 Å². The molecule has 1 aromatic rings. The first-order valence-corrected chi connectivity index (χ1v) is 8.12. The van der Waals surface area contributed by atoms with Gasteiger partial charge >= 0.3 is 0 Å². The van der Waals surface area contributed by atoms with Gasteiger partial charge in [-0.1, -0.05) is 48.5 Å². The van der Waals surface area contributed by atoms with Crippen molar-refractivity contribution >= 4 is 15.9 Å². The van der Waals surface area contributed by atoms with Crippen molar-refractivity contribution in [3.8, 4) is 5.75 Å². The lowest BCUT2D eigenvalue weighted by atomic mass is 9.81. The third kappa shape index (κ3) is 4.81. The standard InChI is InChI=1S/C16H24BrNO/c1-12-2-4-13(5-3-12)8-9-18-11-14-10-15(19)6-7-16(14)17/h6-7,10,12-13,18-19H,2-5,8-9,11H2,1H3. The highest BCUT2D eigenvalue weighted by molar-refractivity contribution is 9.10. The number of nitrogens with one attached hydrogen (secondary N) is 1. The molecule has 0 spiro atoms. The molecule has 2 rings (SSSR count). The second-order valence-electron chi connectivity index (χ2n) is 5.87. The predicted octanol–water partition coefficient (Wildman–Crippen LogP) is 4.46.